The predicted octanol–water partition coefficient (Wildman–Crippen LogP) is 3.99. The van der Waals surface area contributed by atoms with E-state index < -0.39 is 17.8 Å². The van der Waals surface area contributed by atoms with Crippen molar-refractivity contribution in [3.8, 4) is 0 Å². The van der Waals surface area contributed by atoms with E-state index in [1.54, 1.807) is 12.1 Å². The van der Waals surface area contributed by atoms with Crippen LogP contribution in [0, 0.1) is 11.7 Å². The molecule has 184 valence electrons. The molecule has 1 aromatic heterocycles. The number of benzene rings is 2. The number of aromatic nitrogens is 3. The molecule has 2 aromatic carbocycles. The van der Waals surface area contributed by atoms with Crippen molar-refractivity contribution in [1.29, 1.82) is 0 Å². The van der Waals surface area contributed by atoms with Gasteiger partial charge in [-0.25, -0.2) is 9.18 Å². The SMILES string of the molecule is CCn1c(SCC(=O)Nc2cccc(C(=O)O)c2)nnc1C(NC(=O)c1ccc(F)cc1)C(C)C. The largest absolute Gasteiger partial charge is 0.478 e. The molecule has 3 N–H and O–H groups in total. The number of carboxylic acids is 1. The van der Waals surface area contributed by atoms with Gasteiger partial charge in [0.15, 0.2) is 11.0 Å². The molecule has 0 aliphatic carbocycles. The third-order valence-electron chi connectivity index (χ3n) is 5.13. The molecule has 0 aliphatic rings. The molecule has 1 heterocycles. The summed E-state index contributed by atoms with van der Waals surface area (Å²) in [5, 5.41) is 23.7. The summed E-state index contributed by atoms with van der Waals surface area (Å²) in [5.74, 6) is -1.62. The van der Waals surface area contributed by atoms with E-state index in [1.807, 2.05) is 25.3 Å². The summed E-state index contributed by atoms with van der Waals surface area (Å²) in [6, 6.07) is 10.8. The van der Waals surface area contributed by atoms with Crippen molar-refractivity contribution < 1.29 is 23.9 Å². The minimum Gasteiger partial charge on any atom is -0.478 e. The standard InChI is InChI=1S/C24H26FN5O4S/c1-4-30-21(20(14(2)3)27-22(32)15-8-10-17(25)11-9-15)28-29-24(30)35-13-19(31)26-18-7-5-6-16(12-18)23(33)34/h5-12,14,20H,4,13H2,1-3H3,(H,26,31)(H,27,32)(H,33,34). The van der Waals surface area contributed by atoms with Crippen LogP contribution in [-0.4, -0.2) is 43.4 Å². The van der Waals surface area contributed by atoms with Gasteiger partial charge in [0.25, 0.3) is 5.91 Å². The van der Waals surface area contributed by atoms with Gasteiger partial charge in [0.2, 0.25) is 5.91 Å². The molecule has 0 fully saturated rings. The number of rotatable bonds is 10. The van der Waals surface area contributed by atoms with E-state index >= 15 is 0 Å². The van der Waals surface area contributed by atoms with Crippen molar-refractivity contribution >= 4 is 35.2 Å². The fraction of sp³-hybridized carbons (Fsp3) is 0.292. The van der Waals surface area contributed by atoms with Gasteiger partial charge < -0.3 is 20.3 Å². The molecule has 0 saturated carbocycles. The molecule has 1 atom stereocenters. The number of halogens is 1. The normalized spacial score (nSPS) is 11.8. The number of aromatic carboxylic acids is 1. The number of carbonyl (C=O) groups is 3. The van der Waals surface area contributed by atoms with Gasteiger partial charge in [-0.05, 0) is 55.3 Å². The second-order valence-corrected chi connectivity index (χ2v) is 8.95. The Bertz CT molecular complexity index is 1210. The number of anilines is 1. The lowest BCUT2D eigenvalue weighted by Crippen LogP contribution is -2.33. The Morgan fingerprint density at radius 1 is 1.09 bits per heavy atom. The second-order valence-electron chi connectivity index (χ2n) is 8.01. The van der Waals surface area contributed by atoms with Crippen molar-refractivity contribution in [3.63, 3.8) is 0 Å². The van der Waals surface area contributed by atoms with Gasteiger partial charge in [0.05, 0.1) is 17.4 Å². The summed E-state index contributed by atoms with van der Waals surface area (Å²) >= 11 is 1.18. The summed E-state index contributed by atoms with van der Waals surface area (Å²) in [5.41, 5.74) is 0.794. The molecule has 3 rings (SSSR count). The number of hydrogen-bond donors (Lipinski definition) is 3. The zero-order valence-electron chi connectivity index (χ0n) is 19.5. The highest BCUT2D eigenvalue weighted by Gasteiger charge is 2.26. The summed E-state index contributed by atoms with van der Waals surface area (Å²) in [6.45, 7) is 6.31. The number of carbonyl (C=O) groups excluding carboxylic acids is 2. The maximum atomic E-state index is 13.2. The van der Waals surface area contributed by atoms with Gasteiger partial charge in [-0.3, -0.25) is 9.59 Å². The maximum Gasteiger partial charge on any atom is 0.335 e. The lowest BCUT2D eigenvalue weighted by Gasteiger charge is -2.22. The lowest BCUT2D eigenvalue weighted by molar-refractivity contribution is -0.113. The molecule has 9 nitrogen and oxygen atoms in total. The molecule has 2 amide bonds. The average Bonchev–Trinajstić information content (AvgIpc) is 3.23. The van der Waals surface area contributed by atoms with Gasteiger partial charge in [-0.1, -0.05) is 31.7 Å². The van der Waals surface area contributed by atoms with E-state index in [0.29, 0.717) is 28.8 Å². The van der Waals surface area contributed by atoms with Crippen LogP contribution in [0.4, 0.5) is 10.1 Å². The summed E-state index contributed by atoms with van der Waals surface area (Å²) < 4.78 is 15.0. The highest BCUT2D eigenvalue weighted by molar-refractivity contribution is 7.99. The molecule has 3 aromatic rings. The molecule has 0 spiro atoms. The lowest BCUT2D eigenvalue weighted by atomic mass is 10.0. The fourth-order valence-electron chi connectivity index (χ4n) is 3.35. The van der Waals surface area contributed by atoms with Crippen molar-refractivity contribution in [3.05, 3.63) is 71.3 Å². The van der Waals surface area contributed by atoms with E-state index in [9.17, 15) is 18.8 Å². The van der Waals surface area contributed by atoms with Crippen molar-refractivity contribution in [1.82, 2.24) is 20.1 Å². The van der Waals surface area contributed by atoms with Crippen molar-refractivity contribution in [2.45, 2.75) is 38.5 Å². The second kappa shape index (κ2) is 11.6. The maximum absolute atomic E-state index is 13.2. The average molecular weight is 500 g/mol. The Kier molecular flexibility index (Phi) is 8.58. The number of amides is 2. The van der Waals surface area contributed by atoms with Crippen LogP contribution in [-0.2, 0) is 11.3 Å². The number of thioether (sulfide) groups is 1. The molecule has 0 radical (unpaired) electrons. The Labute approximate surface area is 206 Å². The summed E-state index contributed by atoms with van der Waals surface area (Å²) in [6.07, 6.45) is 0. The van der Waals surface area contributed by atoms with Crippen LogP contribution in [0.25, 0.3) is 0 Å². The molecular weight excluding hydrogens is 473 g/mol. The van der Waals surface area contributed by atoms with Gasteiger partial charge >= 0.3 is 5.97 Å². The van der Waals surface area contributed by atoms with Crippen LogP contribution in [0.2, 0.25) is 0 Å². The van der Waals surface area contributed by atoms with Gasteiger partial charge in [0.1, 0.15) is 5.82 Å². The van der Waals surface area contributed by atoms with Gasteiger partial charge in [0, 0.05) is 17.8 Å². The number of nitrogens with one attached hydrogen (secondary N) is 2. The van der Waals surface area contributed by atoms with Crippen LogP contribution in [0.1, 0.15) is 53.4 Å². The van der Waals surface area contributed by atoms with Crippen LogP contribution >= 0.6 is 11.8 Å². The van der Waals surface area contributed by atoms with Crippen LogP contribution < -0.4 is 10.6 Å². The molecule has 0 saturated heterocycles. The minimum absolute atomic E-state index is 0.0171. The quantitative estimate of drug-likeness (QED) is 0.360. The molecular formula is C24H26FN5O4S. The Balaban J connectivity index is 1.70. The molecule has 0 bridgehead atoms. The zero-order chi connectivity index (χ0) is 25.5. The molecule has 35 heavy (non-hydrogen) atoms. The first-order valence-corrected chi connectivity index (χ1v) is 11.9. The van der Waals surface area contributed by atoms with E-state index in [0.717, 1.165) is 0 Å². The summed E-state index contributed by atoms with van der Waals surface area (Å²) in [4.78, 5) is 36.3. The van der Waals surface area contributed by atoms with E-state index in [1.165, 1.54) is 48.2 Å². The third-order valence-corrected chi connectivity index (χ3v) is 6.09. The van der Waals surface area contributed by atoms with Crippen LogP contribution in [0.5, 0.6) is 0 Å². The first-order chi connectivity index (χ1) is 16.7. The van der Waals surface area contributed by atoms with Gasteiger partial charge in [-0.15, -0.1) is 10.2 Å². The molecule has 0 aliphatic heterocycles. The Hall–Kier alpha value is -3.73. The van der Waals surface area contributed by atoms with Crippen LogP contribution in [0.3, 0.4) is 0 Å². The van der Waals surface area contributed by atoms with Crippen molar-refractivity contribution in [2.75, 3.05) is 11.1 Å². The number of hydrogen-bond acceptors (Lipinski definition) is 6. The van der Waals surface area contributed by atoms with E-state index in [2.05, 4.69) is 20.8 Å². The molecule has 1 unspecified atom stereocenters. The predicted molar refractivity (Wildman–Crippen MR) is 130 cm³/mol. The monoisotopic (exact) mass is 499 g/mol. The first kappa shape index (κ1) is 25.9. The van der Waals surface area contributed by atoms with E-state index in [4.69, 9.17) is 5.11 Å². The van der Waals surface area contributed by atoms with E-state index in [-0.39, 0.29) is 29.0 Å². The van der Waals surface area contributed by atoms with Crippen LogP contribution in [0.15, 0.2) is 53.7 Å². The number of carboxylic acid groups (broad SMARTS) is 1. The third kappa shape index (κ3) is 6.66. The molecule has 11 heteroatoms. The number of nitrogens with zero attached hydrogens (tertiary/aromatic N) is 3. The smallest absolute Gasteiger partial charge is 0.335 e. The summed E-state index contributed by atoms with van der Waals surface area (Å²) in [7, 11) is 0. The zero-order valence-corrected chi connectivity index (χ0v) is 20.3. The minimum atomic E-state index is -1.08. The van der Waals surface area contributed by atoms with Crippen molar-refractivity contribution in [2.24, 2.45) is 5.92 Å². The fourth-order valence-corrected chi connectivity index (χ4v) is 4.16. The highest BCUT2D eigenvalue weighted by atomic mass is 32.2. The first-order valence-electron chi connectivity index (χ1n) is 10.9. The topological polar surface area (TPSA) is 126 Å². The van der Waals surface area contributed by atoms with Gasteiger partial charge in [-0.2, -0.15) is 0 Å². The highest BCUT2D eigenvalue weighted by Crippen LogP contribution is 2.26. The Morgan fingerprint density at radius 2 is 1.80 bits per heavy atom. The Morgan fingerprint density at radius 3 is 2.43 bits per heavy atom.